The third-order valence-electron chi connectivity index (χ3n) is 3.11. The highest BCUT2D eigenvalue weighted by Gasteiger charge is 2.16. The topological polar surface area (TPSA) is 62.3 Å². The number of aromatic nitrogens is 1. The largest absolute Gasteiger partial charge is 0.332 e. The lowest BCUT2D eigenvalue weighted by Crippen LogP contribution is -2.35. The Morgan fingerprint density at radius 3 is 2.79 bits per heavy atom. The van der Waals surface area contributed by atoms with Crippen molar-refractivity contribution in [2.75, 3.05) is 24.7 Å². The van der Waals surface area contributed by atoms with Gasteiger partial charge in [-0.1, -0.05) is 13.0 Å². The molecule has 0 spiro atoms. The zero-order valence-corrected chi connectivity index (χ0v) is 14.3. The van der Waals surface area contributed by atoms with E-state index in [0.717, 1.165) is 10.8 Å². The van der Waals surface area contributed by atoms with Crippen molar-refractivity contribution >= 4 is 29.3 Å². The predicted octanol–water partition coefficient (Wildman–Crippen LogP) is 3.04. The summed E-state index contributed by atoms with van der Waals surface area (Å²) in [6.07, 6.45) is 1.58. The minimum absolute atomic E-state index is 0.131. The Balaban J connectivity index is 1.98. The molecule has 1 N–H and O–H groups in total. The number of thioether (sulfide) groups is 1. The molecule has 0 fully saturated rings. The van der Waals surface area contributed by atoms with Gasteiger partial charge in [-0.05, 0) is 36.1 Å². The number of pyridine rings is 1. The van der Waals surface area contributed by atoms with Gasteiger partial charge in [0.05, 0.1) is 11.6 Å². The Hall–Kier alpha value is -2.41. The lowest BCUT2D eigenvalue weighted by atomic mass is 10.2. The first-order valence-corrected chi connectivity index (χ1v) is 8.38. The van der Waals surface area contributed by atoms with Crippen molar-refractivity contribution in [2.24, 2.45) is 0 Å². The van der Waals surface area contributed by atoms with Crippen molar-refractivity contribution < 1.29 is 14.0 Å². The molecule has 0 aliphatic heterocycles. The van der Waals surface area contributed by atoms with E-state index >= 15 is 0 Å². The van der Waals surface area contributed by atoms with E-state index in [1.165, 1.54) is 34.9 Å². The molecule has 1 aromatic carbocycles. The summed E-state index contributed by atoms with van der Waals surface area (Å²) in [6.45, 7) is 1.87. The monoisotopic (exact) mass is 347 g/mol. The number of carbonyl (C=O) groups is 2. The van der Waals surface area contributed by atoms with Crippen molar-refractivity contribution in [1.29, 1.82) is 0 Å². The van der Waals surface area contributed by atoms with Gasteiger partial charge >= 0.3 is 0 Å². The molecule has 0 radical (unpaired) electrons. The molecule has 126 valence electrons. The summed E-state index contributed by atoms with van der Waals surface area (Å²) < 4.78 is 13.1. The average Bonchev–Trinajstić information content (AvgIpc) is 2.54. The lowest BCUT2D eigenvalue weighted by Gasteiger charge is -2.17. The van der Waals surface area contributed by atoms with Gasteiger partial charge in [0.2, 0.25) is 5.91 Å². The standard InChI is InChI=1S/C17H18FN3O2S/c1-3-24-16-9-12(7-8-19-16)17(23)21(2)11-15(22)20-14-6-4-5-13(18)10-14/h4-10H,3,11H2,1-2H3,(H,20,22). The molecule has 0 unspecified atom stereocenters. The Labute approximate surface area is 144 Å². The summed E-state index contributed by atoms with van der Waals surface area (Å²) in [5.41, 5.74) is 0.827. The summed E-state index contributed by atoms with van der Waals surface area (Å²) in [6, 6.07) is 8.92. The van der Waals surface area contributed by atoms with Crippen LogP contribution in [0.5, 0.6) is 0 Å². The molecule has 1 aromatic heterocycles. The quantitative estimate of drug-likeness (QED) is 0.816. The fourth-order valence-corrected chi connectivity index (χ4v) is 2.69. The van der Waals surface area contributed by atoms with Crippen LogP contribution in [0, 0.1) is 5.82 Å². The number of amides is 2. The van der Waals surface area contributed by atoms with Crippen LogP contribution in [0.4, 0.5) is 10.1 Å². The van der Waals surface area contributed by atoms with Crippen LogP contribution in [0.2, 0.25) is 0 Å². The summed E-state index contributed by atoms with van der Waals surface area (Å²) in [7, 11) is 1.54. The smallest absolute Gasteiger partial charge is 0.254 e. The van der Waals surface area contributed by atoms with Gasteiger partial charge in [0.25, 0.3) is 5.91 Å². The van der Waals surface area contributed by atoms with Gasteiger partial charge in [-0.25, -0.2) is 9.37 Å². The summed E-state index contributed by atoms with van der Waals surface area (Å²) in [4.78, 5) is 29.9. The molecule has 2 amide bonds. The zero-order valence-electron chi connectivity index (χ0n) is 13.5. The highest BCUT2D eigenvalue weighted by Crippen LogP contribution is 2.16. The maximum absolute atomic E-state index is 13.1. The Kier molecular flexibility index (Phi) is 6.31. The van der Waals surface area contributed by atoms with Crippen LogP contribution in [0.3, 0.4) is 0 Å². The molecule has 1 heterocycles. The zero-order chi connectivity index (χ0) is 17.5. The number of likely N-dealkylation sites (N-methyl/N-ethyl adjacent to an activating group) is 1. The highest BCUT2D eigenvalue weighted by atomic mass is 32.2. The second-order valence-corrected chi connectivity index (χ2v) is 6.32. The molecule has 0 bridgehead atoms. The number of nitrogens with one attached hydrogen (secondary N) is 1. The van der Waals surface area contributed by atoms with Crippen LogP contribution in [0.1, 0.15) is 17.3 Å². The van der Waals surface area contributed by atoms with E-state index in [1.807, 2.05) is 6.92 Å². The molecule has 0 aliphatic rings. The molecular formula is C17H18FN3O2S. The van der Waals surface area contributed by atoms with E-state index < -0.39 is 11.7 Å². The average molecular weight is 347 g/mol. The summed E-state index contributed by atoms with van der Waals surface area (Å²) in [5.74, 6) is -0.246. The summed E-state index contributed by atoms with van der Waals surface area (Å²) in [5, 5.41) is 3.33. The van der Waals surface area contributed by atoms with E-state index in [2.05, 4.69) is 10.3 Å². The number of rotatable bonds is 6. The number of benzene rings is 1. The number of anilines is 1. The number of nitrogens with zero attached hydrogens (tertiary/aromatic N) is 2. The van der Waals surface area contributed by atoms with Gasteiger partial charge in [0.1, 0.15) is 5.82 Å². The first-order valence-electron chi connectivity index (χ1n) is 7.39. The third-order valence-corrected chi connectivity index (χ3v) is 3.92. The number of carbonyl (C=O) groups excluding carboxylic acids is 2. The number of hydrogen-bond acceptors (Lipinski definition) is 4. The molecule has 0 saturated heterocycles. The van der Waals surface area contributed by atoms with Crippen molar-refractivity contribution in [3.05, 3.63) is 54.0 Å². The number of halogens is 1. The fraction of sp³-hybridized carbons (Fsp3) is 0.235. The molecule has 0 aliphatic carbocycles. The van der Waals surface area contributed by atoms with E-state index in [1.54, 1.807) is 31.4 Å². The molecule has 0 saturated carbocycles. The second kappa shape index (κ2) is 8.44. The maximum atomic E-state index is 13.1. The minimum atomic E-state index is -0.435. The fourth-order valence-electron chi connectivity index (χ4n) is 2.04. The van der Waals surface area contributed by atoms with Gasteiger partial charge in [-0.2, -0.15) is 0 Å². The second-order valence-electron chi connectivity index (χ2n) is 5.04. The van der Waals surface area contributed by atoms with E-state index in [4.69, 9.17) is 0 Å². The molecular weight excluding hydrogens is 329 g/mol. The van der Waals surface area contributed by atoms with E-state index in [-0.39, 0.29) is 12.5 Å². The van der Waals surface area contributed by atoms with Crippen molar-refractivity contribution in [1.82, 2.24) is 9.88 Å². The van der Waals surface area contributed by atoms with Crippen LogP contribution in [-0.2, 0) is 4.79 Å². The first kappa shape index (κ1) is 17.9. The van der Waals surface area contributed by atoms with E-state index in [0.29, 0.717) is 11.3 Å². The Morgan fingerprint density at radius 1 is 1.29 bits per heavy atom. The van der Waals surface area contributed by atoms with Gasteiger partial charge in [0, 0.05) is 24.5 Å². The number of hydrogen-bond donors (Lipinski definition) is 1. The van der Waals surface area contributed by atoms with Crippen LogP contribution >= 0.6 is 11.8 Å². The van der Waals surface area contributed by atoms with Crippen LogP contribution in [0.25, 0.3) is 0 Å². The molecule has 5 nitrogen and oxygen atoms in total. The minimum Gasteiger partial charge on any atom is -0.332 e. The molecule has 7 heteroatoms. The lowest BCUT2D eigenvalue weighted by molar-refractivity contribution is -0.116. The van der Waals surface area contributed by atoms with Crippen LogP contribution in [-0.4, -0.2) is 41.0 Å². The van der Waals surface area contributed by atoms with Crippen LogP contribution in [0.15, 0.2) is 47.6 Å². The Bertz CT molecular complexity index is 739. The third kappa shape index (κ3) is 5.06. The highest BCUT2D eigenvalue weighted by molar-refractivity contribution is 7.99. The van der Waals surface area contributed by atoms with Gasteiger partial charge < -0.3 is 10.2 Å². The maximum Gasteiger partial charge on any atom is 0.254 e. The van der Waals surface area contributed by atoms with Gasteiger partial charge in [-0.15, -0.1) is 11.8 Å². The molecule has 0 atom stereocenters. The molecule has 2 aromatic rings. The van der Waals surface area contributed by atoms with Crippen molar-refractivity contribution in [2.45, 2.75) is 11.9 Å². The molecule has 2 rings (SSSR count). The first-order chi connectivity index (χ1) is 11.5. The van der Waals surface area contributed by atoms with E-state index in [9.17, 15) is 14.0 Å². The van der Waals surface area contributed by atoms with Gasteiger partial charge in [0.15, 0.2) is 0 Å². The normalized spacial score (nSPS) is 10.3. The summed E-state index contributed by atoms with van der Waals surface area (Å²) >= 11 is 1.54. The van der Waals surface area contributed by atoms with Crippen LogP contribution < -0.4 is 5.32 Å². The predicted molar refractivity (Wildman–Crippen MR) is 92.6 cm³/mol. The van der Waals surface area contributed by atoms with Crippen molar-refractivity contribution in [3.63, 3.8) is 0 Å². The molecule has 24 heavy (non-hydrogen) atoms. The van der Waals surface area contributed by atoms with Gasteiger partial charge in [-0.3, -0.25) is 9.59 Å². The van der Waals surface area contributed by atoms with Crippen molar-refractivity contribution in [3.8, 4) is 0 Å². The Morgan fingerprint density at radius 2 is 2.08 bits per heavy atom. The SMILES string of the molecule is CCSc1cc(C(=O)N(C)CC(=O)Nc2cccc(F)c2)ccn1.